The quantitative estimate of drug-likeness (QED) is 0.861. The van der Waals surface area contributed by atoms with Crippen molar-refractivity contribution in [2.75, 3.05) is 26.8 Å². The van der Waals surface area contributed by atoms with Crippen LogP contribution >= 0.6 is 0 Å². The molecule has 2 aromatic rings. The molecular weight excluding hydrogens is 334 g/mol. The molecule has 1 fully saturated rings. The van der Waals surface area contributed by atoms with E-state index >= 15 is 0 Å². The molecule has 0 aliphatic carbocycles. The summed E-state index contributed by atoms with van der Waals surface area (Å²) in [6.07, 6.45) is 0. The molecule has 1 N–H and O–H groups in total. The lowest BCUT2D eigenvalue weighted by Crippen LogP contribution is -2.33. The van der Waals surface area contributed by atoms with Gasteiger partial charge in [0.2, 0.25) is 0 Å². The third-order valence-corrected chi connectivity index (χ3v) is 4.62. The molecule has 0 saturated carbocycles. The topological polar surface area (TPSA) is 76.1 Å². The van der Waals surface area contributed by atoms with Gasteiger partial charge in [-0.2, -0.15) is 0 Å². The first-order valence-electron chi connectivity index (χ1n) is 8.41. The highest BCUT2D eigenvalue weighted by molar-refractivity contribution is 5.80. The molecule has 1 amide bonds. The van der Waals surface area contributed by atoms with Gasteiger partial charge in [-0.15, -0.1) is 0 Å². The van der Waals surface area contributed by atoms with Crippen molar-refractivity contribution in [1.82, 2.24) is 4.90 Å². The minimum atomic E-state index is -0.905. The highest BCUT2D eigenvalue weighted by Gasteiger charge is 2.40. The molecule has 0 radical (unpaired) electrons. The molecule has 0 bridgehead atoms. The first-order chi connectivity index (χ1) is 12.6. The van der Waals surface area contributed by atoms with Crippen LogP contribution in [0.15, 0.2) is 54.6 Å². The van der Waals surface area contributed by atoms with E-state index in [0.29, 0.717) is 18.0 Å². The number of carboxylic acids is 1. The van der Waals surface area contributed by atoms with Gasteiger partial charge in [-0.1, -0.05) is 30.3 Å². The Morgan fingerprint density at radius 1 is 1.08 bits per heavy atom. The van der Waals surface area contributed by atoms with Crippen LogP contribution in [0, 0.1) is 5.92 Å². The molecule has 1 saturated heterocycles. The largest absolute Gasteiger partial charge is 0.497 e. The number of carbonyl (C=O) groups excluding carboxylic acids is 1. The maximum absolute atomic E-state index is 12.5. The van der Waals surface area contributed by atoms with Crippen molar-refractivity contribution < 1.29 is 24.2 Å². The first-order valence-corrected chi connectivity index (χ1v) is 8.41. The average molecular weight is 355 g/mol. The van der Waals surface area contributed by atoms with Crippen LogP contribution in [0.1, 0.15) is 11.5 Å². The van der Waals surface area contributed by atoms with E-state index in [-0.39, 0.29) is 25.0 Å². The minimum Gasteiger partial charge on any atom is -0.497 e. The zero-order valence-corrected chi connectivity index (χ0v) is 14.5. The zero-order valence-electron chi connectivity index (χ0n) is 14.5. The van der Waals surface area contributed by atoms with E-state index in [2.05, 4.69) is 0 Å². The molecule has 26 heavy (non-hydrogen) atoms. The number of carboxylic acid groups (broad SMARTS) is 1. The summed E-state index contributed by atoms with van der Waals surface area (Å²) in [5, 5.41) is 9.58. The van der Waals surface area contributed by atoms with Crippen LogP contribution in [-0.2, 0) is 9.59 Å². The number of aliphatic carboxylic acids is 1. The highest BCUT2D eigenvalue weighted by atomic mass is 16.5. The molecule has 1 aliphatic rings. The Hall–Kier alpha value is -3.02. The number of hydrogen-bond acceptors (Lipinski definition) is 4. The van der Waals surface area contributed by atoms with Crippen molar-refractivity contribution in [3.8, 4) is 11.5 Å². The highest BCUT2D eigenvalue weighted by Crippen LogP contribution is 2.34. The number of amides is 1. The third-order valence-electron chi connectivity index (χ3n) is 4.62. The molecular formula is C20H21NO5. The van der Waals surface area contributed by atoms with Crippen LogP contribution in [0.2, 0.25) is 0 Å². The Morgan fingerprint density at radius 2 is 1.81 bits per heavy atom. The number of ether oxygens (including phenoxy) is 2. The molecule has 6 heteroatoms. The lowest BCUT2D eigenvalue weighted by molar-refractivity contribution is -0.142. The summed E-state index contributed by atoms with van der Waals surface area (Å²) in [6, 6.07) is 16.4. The average Bonchev–Trinajstić information content (AvgIpc) is 3.13. The summed E-state index contributed by atoms with van der Waals surface area (Å²) >= 11 is 0. The SMILES string of the molecule is COc1cccc([C@@H]2CN(C(=O)COc3ccccc3)C[C@H]2C(=O)O)c1. The zero-order chi connectivity index (χ0) is 18.5. The van der Waals surface area contributed by atoms with Crippen molar-refractivity contribution in [3.05, 3.63) is 60.2 Å². The minimum absolute atomic E-state index is 0.110. The second kappa shape index (κ2) is 7.91. The Balaban J connectivity index is 1.70. The second-order valence-electron chi connectivity index (χ2n) is 6.23. The standard InChI is InChI=1S/C20H21NO5/c1-25-16-9-5-6-14(10-16)17-11-21(12-18(17)20(23)24)19(22)13-26-15-7-3-2-4-8-15/h2-10,17-18H,11-13H2,1H3,(H,23,24)/t17-,18+/m0/s1. The smallest absolute Gasteiger partial charge is 0.308 e. The van der Waals surface area contributed by atoms with Gasteiger partial charge in [0.25, 0.3) is 5.91 Å². The molecule has 136 valence electrons. The molecule has 0 spiro atoms. The number of nitrogens with zero attached hydrogens (tertiary/aromatic N) is 1. The lowest BCUT2D eigenvalue weighted by atomic mass is 9.89. The maximum atomic E-state index is 12.5. The Bertz CT molecular complexity index is 777. The van der Waals surface area contributed by atoms with E-state index in [9.17, 15) is 14.7 Å². The van der Waals surface area contributed by atoms with E-state index < -0.39 is 11.9 Å². The van der Waals surface area contributed by atoms with Crippen molar-refractivity contribution in [3.63, 3.8) is 0 Å². The van der Waals surface area contributed by atoms with Gasteiger partial charge in [-0.05, 0) is 29.8 Å². The fourth-order valence-electron chi connectivity index (χ4n) is 3.22. The summed E-state index contributed by atoms with van der Waals surface area (Å²) in [7, 11) is 1.57. The van der Waals surface area contributed by atoms with E-state index in [1.165, 1.54) is 0 Å². The normalized spacial score (nSPS) is 19.2. The molecule has 1 aliphatic heterocycles. The van der Waals surface area contributed by atoms with Gasteiger partial charge in [0.05, 0.1) is 13.0 Å². The van der Waals surface area contributed by atoms with Crippen LogP contribution in [-0.4, -0.2) is 48.7 Å². The van der Waals surface area contributed by atoms with Crippen molar-refractivity contribution in [2.24, 2.45) is 5.92 Å². The molecule has 0 unspecified atom stereocenters. The molecule has 0 aromatic heterocycles. The van der Waals surface area contributed by atoms with Crippen LogP contribution in [0.25, 0.3) is 0 Å². The van der Waals surface area contributed by atoms with Crippen LogP contribution in [0.4, 0.5) is 0 Å². The van der Waals surface area contributed by atoms with Gasteiger partial charge >= 0.3 is 5.97 Å². The number of carbonyl (C=O) groups is 2. The lowest BCUT2D eigenvalue weighted by Gasteiger charge is -2.17. The van der Waals surface area contributed by atoms with Crippen molar-refractivity contribution in [2.45, 2.75) is 5.92 Å². The summed E-state index contributed by atoms with van der Waals surface area (Å²) in [5.74, 6) is -0.767. The monoisotopic (exact) mass is 355 g/mol. The fraction of sp³-hybridized carbons (Fsp3) is 0.300. The van der Waals surface area contributed by atoms with Gasteiger partial charge in [0.1, 0.15) is 11.5 Å². The van der Waals surface area contributed by atoms with E-state index in [1.54, 1.807) is 24.1 Å². The Labute approximate surface area is 152 Å². The molecule has 2 aromatic carbocycles. The van der Waals surface area contributed by atoms with Gasteiger partial charge in [0, 0.05) is 19.0 Å². The Morgan fingerprint density at radius 3 is 2.50 bits per heavy atom. The van der Waals surface area contributed by atoms with Crippen molar-refractivity contribution in [1.29, 1.82) is 0 Å². The fourth-order valence-corrected chi connectivity index (χ4v) is 3.22. The van der Waals surface area contributed by atoms with Crippen molar-refractivity contribution >= 4 is 11.9 Å². The third kappa shape index (κ3) is 3.96. The number of benzene rings is 2. The summed E-state index contributed by atoms with van der Waals surface area (Å²) in [6.45, 7) is 0.413. The summed E-state index contributed by atoms with van der Waals surface area (Å²) in [5.41, 5.74) is 0.857. The second-order valence-corrected chi connectivity index (χ2v) is 6.23. The van der Waals surface area contributed by atoms with Gasteiger partial charge in [-0.25, -0.2) is 0 Å². The van der Waals surface area contributed by atoms with Gasteiger partial charge in [0.15, 0.2) is 6.61 Å². The van der Waals surface area contributed by atoms with Crippen LogP contribution in [0.3, 0.4) is 0 Å². The molecule has 2 atom stereocenters. The van der Waals surface area contributed by atoms with E-state index in [0.717, 1.165) is 5.56 Å². The van der Waals surface area contributed by atoms with E-state index in [4.69, 9.17) is 9.47 Å². The van der Waals surface area contributed by atoms with Gasteiger partial charge in [-0.3, -0.25) is 9.59 Å². The number of likely N-dealkylation sites (tertiary alicyclic amines) is 1. The number of methoxy groups -OCH3 is 1. The van der Waals surface area contributed by atoms with E-state index in [1.807, 2.05) is 42.5 Å². The van der Waals surface area contributed by atoms with Crippen LogP contribution < -0.4 is 9.47 Å². The summed E-state index contributed by atoms with van der Waals surface area (Å²) < 4.78 is 10.7. The summed E-state index contributed by atoms with van der Waals surface area (Å²) in [4.78, 5) is 25.7. The van der Waals surface area contributed by atoms with Crippen LogP contribution in [0.5, 0.6) is 11.5 Å². The maximum Gasteiger partial charge on any atom is 0.308 e. The van der Waals surface area contributed by atoms with Gasteiger partial charge < -0.3 is 19.5 Å². The number of rotatable bonds is 6. The predicted octanol–water partition coefficient (Wildman–Crippen LogP) is 2.40. The predicted molar refractivity (Wildman–Crippen MR) is 95.4 cm³/mol. The Kier molecular flexibility index (Phi) is 5.41. The number of para-hydroxylation sites is 1. The molecule has 1 heterocycles. The first kappa shape index (κ1) is 17.8. The molecule has 6 nitrogen and oxygen atoms in total. The number of hydrogen-bond donors (Lipinski definition) is 1. The molecule has 3 rings (SSSR count).